The summed E-state index contributed by atoms with van der Waals surface area (Å²) in [6.45, 7) is 6.69. The molecule has 4 aromatic rings. The van der Waals surface area contributed by atoms with Gasteiger partial charge in [0.15, 0.2) is 0 Å². The smallest absolute Gasteiger partial charge is 0.00213 e. The minimum absolute atomic E-state index is 1.35. The van der Waals surface area contributed by atoms with Crippen molar-refractivity contribution in [3.05, 3.63) is 59.2 Å². The Morgan fingerprint density at radius 2 is 1.21 bits per heavy atom. The van der Waals surface area contributed by atoms with Crippen molar-refractivity contribution in [3.8, 4) is 0 Å². The summed E-state index contributed by atoms with van der Waals surface area (Å²) in [4.78, 5) is 0. The van der Waals surface area contributed by atoms with Crippen molar-refractivity contribution >= 4 is 32.3 Å². The van der Waals surface area contributed by atoms with Gasteiger partial charge in [0.2, 0.25) is 0 Å². The van der Waals surface area contributed by atoms with E-state index in [4.69, 9.17) is 0 Å². The molecule has 0 aliphatic rings. The first kappa shape index (κ1) is 10.8. The standard InChI is InChI=1S/C19H16/c1-11-9-16-8-7-14-5-4-6-15-10-12(2)17(13(11)3)19(16)18(14)15/h4-10H,1-3H3. The largest absolute Gasteiger partial charge is 0.0610 e. The molecule has 4 aromatic carbocycles. The molecule has 0 saturated carbocycles. The second kappa shape index (κ2) is 3.48. The molecular formula is C19H16. The maximum atomic E-state index is 2.33. The van der Waals surface area contributed by atoms with Crippen molar-refractivity contribution in [2.24, 2.45) is 0 Å². The predicted molar refractivity (Wildman–Crippen MR) is 84.4 cm³/mol. The first-order chi connectivity index (χ1) is 9.16. The molecule has 0 aliphatic carbocycles. The van der Waals surface area contributed by atoms with E-state index in [0.29, 0.717) is 0 Å². The number of hydrogen-bond donors (Lipinski definition) is 0. The van der Waals surface area contributed by atoms with Gasteiger partial charge in [0, 0.05) is 0 Å². The Kier molecular flexibility index (Phi) is 1.98. The summed E-state index contributed by atoms with van der Waals surface area (Å²) in [5.41, 5.74) is 4.19. The monoisotopic (exact) mass is 244 g/mol. The lowest BCUT2D eigenvalue weighted by Gasteiger charge is -2.16. The minimum Gasteiger partial charge on any atom is -0.0610 e. The lowest BCUT2D eigenvalue weighted by atomic mass is 9.88. The van der Waals surface area contributed by atoms with Crippen LogP contribution in [0.4, 0.5) is 0 Å². The molecule has 0 N–H and O–H groups in total. The van der Waals surface area contributed by atoms with Gasteiger partial charge in [-0.1, -0.05) is 42.5 Å². The third-order valence-corrected chi connectivity index (χ3v) is 4.46. The number of aryl methyl sites for hydroxylation is 3. The van der Waals surface area contributed by atoms with Crippen LogP contribution in [0.25, 0.3) is 32.3 Å². The fourth-order valence-corrected chi connectivity index (χ4v) is 3.46. The number of benzene rings is 4. The maximum absolute atomic E-state index is 2.33. The van der Waals surface area contributed by atoms with Gasteiger partial charge < -0.3 is 0 Å². The van der Waals surface area contributed by atoms with E-state index in [1.54, 1.807) is 0 Å². The summed E-state index contributed by atoms with van der Waals surface area (Å²) < 4.78 is 0. The Labute approximate surface area is 113 Å². The highest BCUT2D eigenvalue weighted by molar-refractivity contribution is 6.24. The molecule has 0 nitrogen and oxygen atoms in total. The Hall–Kier alpha value is -2.08. The molecule has 0 atom stereocenters. The van der Waals surface area contributed by atoms with Crippen LogP contribution in [0.1, 0.15) is 16.7 Å². The van der Waals surface area contributed by atoms with Crippen molar-refractivity contribution in [3.63, 3.8) is 0 Å². The fraction of sp³-hybridized carbons (Fsp3) is 0.158. The zero-order valence-corrected chi connectivity index (χ0v) is 11.5. The fourth-order valence-electron chi connectivity index (χ4n) is 3.46. The lowest BCUT2D eigenvalue weighted by molar-refractivity contribution is 1.38. The summed E-state index contributed by atoms with van der Waals surface area (Å²) in [5.74, 6) is 0. The molecule has 19 heavy (non-hydrogen) atoms. The van der Waals surface area contributed by atoms with Crippen molar-refractivity contribution in [1.82, 2.24) is 0 Å². The molecule has 0 aromatic heterocycles. The van der Waals surface area contributed by atoms with Crippen LogP contribution in [0.2, 0.25) is 0 Å². The Morgan fingerprint density at radius 3 is 2.05 bits per heavy atom. The molecule has 0 aliphatic heterocycles. The van der Waals surface area contributed by atoms with Crippen LogP contribution >= 0.6 is 0 Å². The molecule has 4 rings (SSSR count). The normalized spacial score (nSPS) is 11.9. The van der Waals surface area contributed by atoms with Crippen LogP contribution in [0, 0.1) is 20.8 Å². The van der Waals surface area contributed by atoms with E-state index in [1.165, 1.54) is 49.0 Å². The zero-order valence-electron chi connectivity index (χ0n) is 11.5. The second-order valence-electron chi connectivity index (χ2n) is 5.63. The first-order valence-electron chi connectivity index (χ1n) is 6.81. The van der Waals surface area contributed by atoms with Gasteiger partial charge >= 0.3 is 0 Å². The van der Waals surface area contributed by atoms with E-state index in [2.05, 4.69) is 63.2 Å². The van der Waals surface area contributed by atoms with Crippen molar-refractivity contribution in [2.75, 3.05) is 0 Å². The maximum Gasteiger partial charge on any atom is -0.00213 e. The molecule has 0 fully saturated rings. The summed E-state index contributed by atoms with van der Waals surface area (Å²) in [6.07, 6.45) is 0. The first-order valence-corrected chi connectivity index (χ1v) is 6.81. The molecule has 0 saturated heterocycles. The molecule has 0 bridgehead atoms. The van der Waals surface area contributed by atoms with Gasteiger partial charge in [-0.2, -0.15) is 0 Å². The average Bonchev–Trinajstić information content (AvgIpc) is 2.40. The summed E-state index contributed by atoms with van der Waals surface area (Å²) in [5, 5.41) is 8.37. The molecule has 0 heteroatoms. The molecule has 0 radical (unpaired) electrons. The van der Waals surface area contributed by atoms with Crippen LogP contribution in [0.3, 0.4) is 0 Å². The van der Waals surface area contributed by atoms with Gasteiger partial charge in [-0.25, -0.2) is 0 Å². The van der Waals surface area contributed by atoms with E-state index in [1.807, 2.05) is 0 Å². The van der Waals surface area contributed by atoms with Crippen LogP contribution in [0.15, 0.2) is 42.5 Å². The highest BCUT2D eigenvalue weighted by atomic mass is 14.2. The van der Waals surface area contributed by atoms with Crippen LogP contribution in [-0.4, -0.2) is 0 Å². The van der Waals surface area contributed by atoms with E-state index >= 15 is 0 Å². The van der Waals surface area contributed by atoms with Crippen LogP contribution in [0.5, 0.6) is 0 Å². The minimum atomic E-state index is 1.35. The van der Waals surface area contributed by atoms with Crippen LogP contribution in [-0.2, 0) is 0 Å². The van der Waals surface area contributed by atoms with Gasteiger partial charge in [0.05, 0.1) is 0 Å². The van der Waals surface area contributed by atoms with Gasteiger partial charge in [-0.3, -0.25) is 0 Å². The quantitative estimate of drug-likeness (QED) is 0.358. The Balaban J connectivity index is 2.48. The summed E-state index contributed by atoms with van der Waals surface area (Å²) in [6, 6.07) is 15.7. The molecule has 0 heterocycles. The van der Waals surface area contributed by atoms with E-state index < -0.39 is 0 Å². The van der Waals surface area contributed by atoms with E-state index in [9.17, 15) is 0 Å². The third-order valence-electron chi connectivity index (χ3n) is 4.46. The van der Waals surface area contributed by atoms with Gasteiger partial charge in [-0.15, -0.1) is 0 Å². The summed E-state index contributed by atoms with van der Waals surface area (Å²) >= 11 is 0. The van der Waals surface area contributed by atoms with E-state index in [0.717, 1.165) is 0 Å². The number of rotatable bonds is 0. The van der Waals surface area contributed by atoms with Gasteiger partial charge in [0.25, 0.3) is 0 Å². The third kappa shape index (κ3) is 1.29. The Morgan fingerprint density at radius 1 is 0.579 bits per heavy atom. The highest BCUT2D eigenvalue weighted by Gasteiger charge is 2.12. The van der Waals surface area contributed by atoms with Crippen molar-refractivity contribution in [2.45, 2.75) is 20.8 Å². The predicted octanol–water partition coefficient (Wildman–Crippen LogP) is 5.51. The number of hydrogen-bond acceptors (Lipinski definition) is 0. The van der Waals surface area contributed by atoms with E-state index in [-0.39, 0.29) is 0 Å². The average molecular weight is 244 g/mol. The van der Waals surface area contributed by atoms with Crippen LogP contribution < -0.4 is 0 Å². The molecule has 92 valence electrons. The van der Waals surface area contributed by atoms with Gasteiger partial charge in [-0.05, 0) is 69.8 Å². The highest BCUT2D eigenvalue weighted by Crippen LogP contribution is 2.38. The summed E-state index contributed by atoms with van der Waals surface area (Å²) in [7, 11) is 0. The molecule has 0 unspecified atom stereocenters. The molecule has 0 amide bonds. The van der Waals surface area contributed by atoms with Crippen molar-refractivity contribution in [1.29, 1.82) is 0 Å². The zero-order chi connectivity index (χ0) is 13.1. The SMILES string of the molecule is Cc1cc2ccc3cccc4cc(C)c(c1C)c2c34. The molecule has 0 spiro atoms. The topological polar surface area (TPSA) is 0 Å². The van der Waals surface area contributed by atoms with Crippen molar-refractivity contribution < 1.29 is 0 Å². The molecular weight excluding hydrogens is 228 g/mol. The Bertz CT molecular complexity index is 929. The second-order valence-corrected chi connectivity index (χ2v) is 5.63. The van der Waals surface area contributed by atoms with Gasteiger partial charge in [0.1, 0.15) is 0 Å². The lowest BCUT2D eigenvalue weighted by Crippen LogP contribution is -1.92.